The predicted molar refractivity (Wildman–Crippen MR) is 101 cm³/mol. The van der Waals surface area contributed by atoms with E-state index in [4.69, 9.17) is 11.6 Å². The standard InChI is InChI=1S/C19H21ClN4O2/c20-14-12-15(22-11-6-13-4-9-21-10-5-13)18(26)24-16(14)17(25)23-19(24)7-2-1-3-8-19/h4-5,9-10,12,22H,1-3,6-8,11H2,(H,23,25). The number of rotatable bonds is 4. The number of pyridine rings is 2. The van der Waals surface area contributed by atoms with E-state index >= 15 is 0 Å². The molecule has 136 valence electrons. The van der Waals surface area contributed by atoms with Crippen molar-refractivity contribution in [1.82, 2.24) is 14.9 Å². The number of carbonyl (C=O) groups excluding carboxylic acids is 1. The van der Waals surface area contributed by atoms with E-state index in [1.54, 1.807) is 23.0 Å². The average Bonchev–Trinajstić information content (AvgIpc) is 2.93. The highest BCUT2D eigenvalue weighted by Crippen LogP contribution is 2.38. The molecule has 1 amide bonds. The third-order valence-corrected chi connectivity index (χ3v) is 5.59. The van der Waals surface area contributed by atoms with Crippen LogP contribution in [0.15, 0.2) is 35.4 Å². The molecule has 0 atom stereocenters. The Morgan fingerprint density at radius 2 is 1.92 bits per heavy atom. The maximum atomic E-state index is 13.1. The summed E-state index contributed by atoms with van der Waals surface area (Å²) in [7, 11) is 0. The molecule has 2 aromatic heterocycles. The topological polar surface area (TPSA) is 76.0 Å². The van der Waals surface area contributed by atoms with E-state index in [1.807, 2.05) is 12.1 Å². The highest BCUT2D eigenvalue weighted by molar-refractivity contribution is 6.34. The summed E-state index contributed by atoms with van der Waals surface area (Å²) in [6.07, 6.45) is 8.90. The molecule has 7 heteroatoms. The fourth-order valence-electron chi connectivity index (χ4n) is 4.03. The number of nitrogens with one attached hydrogen (secondary N) is 2. The number of hydrogen-bond acceptors (Lipinski definition) is 4. The van der Waals surface area contributed by atoms with E-state index in [-0.39, 0.29) is 11.5 Å². The summed E-state index contributed by atoms with van der Waals surface area (Å²) < 4.78 is 1.60. The molecule has 0 aromatic carbocycles. The smallest absolute Gasteiger partial charge is 0.276 e. The van der Waals surface area contributed by atoms with Gasteiger partial charge in [0.25, 0.3) is 11.5 Å². The van der Waals surface area contributed by atoms with Crippen molar-refractivity contribution >= 4 is 23.2 Å². The fraction of sp³-hybridized carbons (Fsp3) is 0.421. The zero-order valence-electron chi connectivity index (χ0n) is 14.4. The van der Waals surface area contributed by atoms with Gasteiger partial charge in [-0.1, -0.05) is 18.0 Å². The van der Waals surface area contributed by atoms with E-state index in [9.17, 15) is 9.59 Å². The van der Waals surface area contributed by atoms with Crippen molar-refractivity contribution in [3.8, 4) is 0 Å². The molecule has 1 aliphatic heterocycles. The number of anilines is 1. The molecule has 0 radical (unpaired) electrons. The maximum absolute atomic E-state index is 13.1. The third-order valence-electron chi connectivity index (χ3n) is 5.30. The van der Waals surface area contributed by atoms with Crippen LogP contribution >= 0.6 is 11.6 Å². The molecule has 0 saturated heterocycles. The number of fused-ring (bicyclic) bond motifs is 2. The Morgan fingerprint density at radius 3 is 2.65 bits per heavy atom. The quantitative estimate of drug-likeness (QED) is 0.865. The van der Waals surface area contributed by atoms with Gasteiger partial charge in [-0.2, -0.15) is 0 Å². The summed E-state index contributed by atoms with van der Waals surface area (Å²) in [6, 6.07) is 5.47. The zero-order valence-corrected chi connectivity index (χ0v) is 15.2. The van der Waals surface area contributed by atoms with E-state index in [2.05, 4.69) is 15.6 Å². The lowest BCUT2D eigenvalue weighted by molar-refractivity contribution is 0.0877. The maximum Gasteiger partial charge on any atom is 0.276 e. The average molecular weight is 373 g/mol. The van der Waals surface area contributed by atoms with Gasteiger partial charge in [-0.05, 0) is 55.9 Å². The Balaban J connectivity index is 1.64. The van der Waals surface area contributed by atoms with E-state index in [0.29, 0.717) is 22.9 Å². The van der Waals surface area contributed by atoms with Crippen LogP contribution in [0.1, 0.15) is 48.2 Å². The number of carbonyl (C=O) groups is 1. The molecule has 1 spiro atoms. The summed E-state index contributed by atoms with van der Waals surface area (Å²) in [5.74, 6) is -0.252. The number of hydrogen-bond donors (Lipinski definition) is 2. The molecule has 2 aromatic rings. The number of nitrogens with zero attached hydrogens (tertiary/aromatic N) is 2. The first-order chi connectivity index (χ1) is 12.6. The Morgan fingerprint density at radius 1 is 1.19 bits per heavy atom. The first-order valence-corrected chi connectivity index (χ1v) is 9.40. The van der Waals surface area contributed by atoms with Crippen LogP contribution in [0.2, 0.25) is 5.02 Å². The second kappa shape index (κ2) is 6.76. The molecular weight excluding hydrogens is 352 g/mol. The summed E-state index contributed by atoms with van der Waals surface area (Å²) in [4.78, 5) is 29.6. The first kappa shape index (κ1) is 17.1. The molecular formula is C19H21ClN4O2. The lowest BCUT2D eigenvalue weighted by Crippen LogP contribution is -2.48. The molecule has 0 unspecified atom stereocenters. The minimum absolute atomic E-state index is 0.181. The first-order valence-electron chi connectivity index (χ1n) is 9.02. The zero-order chi connectivity index (χ0) is 18.1. The normalized spacial score (nSPS) is 17.8. The second-order valence-electron chi connectivity index (χ2n) is 6.97. The van der Waals surface area contributed by atoms with Crippen molar-refractivity contribution in [3.63, 3.8) is 0 Å². The Labute approximate surface area is 156 Å². The monoisotopic (exact) mass is 372 g/mol. The Kier molecular flexibility index (Phi) is 4.44. The van der Waals surface area contributed by atoms with Crippen LogP contribution < -0.4 is 16.2 Å². The van der Waals surface area contributed by atoms with Crippen LogP contribution in [-0.2, 0) is 12.1 Å². The summed E-state index contributed by atoms with van der Waals surface area (Å²) >= 11 is 6.37. The van der Waals surface area contributed by atoms with Crippen LogP contribution in [0.4, 0.5) is 5.69 Å². The SMILES string of the molecule is O=C1NC2(CCCCC2)n2c1c(Cl)cc(NCCc1ccncc1)c2=O. The van der Waals surface area contributed by atoms with Gasteiger partial charge < -0.3 is 10.6 Å². The van der Waals surface area contributed by atoms with Gasteiger partial charge in [0.05, 0.1) is 5.02 Å². The van der Waals surface area contributed by atoms with Crippen LogP contribution in [0, 0.1) is 0 Å². The van der Waals surface area contributed by atoms with Gasteiger partial charge in [0, 0.05) is 18.9 Å². The molecule has 1 fully saturated rings. The lowest BCUT2D eigenvalue weighted by atomic mass is 9.89. The molecule has 4 rings (SSSR count). The van der Waals surface area contributed by atoms with Crippen LogP contribution in [0.5, 0.6) is 0 Å². The van der Waals surface area contributed by atoms with Crippen molar-refractivity contribution < 1.29 is 4.79 Å². The minimum atomic E-state index is -0.617. The van der Waals surface area contributed by atoms with Gasteiger partial charge in [0.1, 0.15) is 17.0 Å². The Hall–Kier alpha value is -2.34. The van der Waals surface area contributed by atoms with Gasteiger partial charge in [0.2, 0.25) is 0 Å². The molecule has 26 heavy (non-hydrogen) atoms. The van der Waals surface area contributed by atoms with Gasteiger partial charge in [0.15, 0.2) is 0 Å². The van der Waals surface area contributed by atoms with Crippen molar-refractivity contribution in [1.29, 1.82) is 0 Å². The van der Waals surface area contributed by atoms with E-state index < -0.39 is 5.66 Å². The number of aromatic nitrogens is 2. The van der Waals surface area contributed by atoms with Gasteiger partial charge in [-0.15, -0.1) is 0 Å². The summed E-state index contributed by atoms with van der Waals surface area (Å²) in [5, 5.41) is 6.54. The molecule has 2 aliphatic rings. The van der Waals surface area contributed by atoms with Crippen LogP contribution in [-0.4, -0.2) is 22.0 Å². The van der Waals surface area contributed by atoms with Gasteiger partial charge >= 0.3 is 0 Å². The second-order valence-corrected chi connectivity index (χ2v) is 7.38. The van der Waals surface area contributed by atoms with Gasteiger partial charge in [-0.25, -0.2) is 0 Å². The van der Waals surface area contributed by atoms with Crippen molar-refractivity contribution in [2.75, 3.05) is 11.9 Å². The van der Waals surface area contributed by atoms with Gasteiger partial charge in [-0.3, -0.25) is 19.1 Å². The number of halogens is 1. The predicted octanol–water partition coefficient (Wildman–Crippen LogP) is 2.91. The van der Waals surface area contributed by atoms with Crippen molar-refractivity contribution in [3.05, 3.63) is 57.2 Å². The van der Waals surface area contributed by atoms with Crippen molar-refractivity contribution in [2.24, 2.45) is 0 Å². The highest BCUT2D eigenvalue weighted by Gasteiger charge is 2.45. The third kappa shape index (κ3) is 2.88. The molecule has 1 saturated carbocycles. The summed E-state index contributed by atoms with van der Waals surface area (Å²) in [5.41, 5.74) is 1.07. The highest BCUT2D eigenvalue weighted by atomic mass is 35.5. The minimum Gasteiger partial charge on any atom is -0.380 e. The molecule has 2 N–H and O–H groups in total. The number of amides is 1. The summed E-state index contributed by atoms with van der Waals surface area (Å²) in [6.45, 7) is 0.600. The van der Waals surface area contributed by atoms with Crippen LogP contribution in [0.3, 0.4) is 0 Å². The van der Waals surface area contributed by atoms with Crippen molar-refractivity contribution in [2.45, 2.75) is 44.2 Å². The molecule has 6 nitrogen and oxygen atoms in total. The van der Waals surface area contributed by atoms with E-state index in [1.165, 1.54) is 0 Å². The molecule has 0 bridgehead atoms. The molecule has 3 heterocycles. The molecule has 1 aliphatic carbocycles. The lowest BCUT2D eigenvalue weighted by Gasteiger charge is -2.35. The van der Waals surface area contributed by atoms with Crippen LogP contribution in [0.25, 0.3) is 0 Å². The fourth-order valence-corrected chi connectivity index (χ4v) is 4.31. The van der Waals surface area contributed by atoms with E-state index in [0.717, 1.165) is 44.1 Å². The largest absolute Gasteiger partial charge is 0.380 e. The Bertz CT molecular complexity index is 888.